The summed E-state index contributed by atoms with van der Waals surface area (Å²) in [5.41, 5.74) is 17.0. The van der Waals surface area contributed by atoms with Crippen LogP contribution in [0, 0.1) is 13.8 Å². The molecule has 0 aromatic heterocycles. The molecule has 6 aromatic rings. The van der Waals surface area contributed by atoms with Gasteiger partial charge in [0.25, 0.3) is 0 Å². The van der Waals surface area contributed by atoms with Crippen LogP contribution in [0.5, 0.6) is 0 Å². The van der Waals surface area contributed by atoms with Gasteiger partial charge in [0.2, 0.25) is 0 Å². The summed E-state index contributed by atoms with van der Waals surface area (Å²) in [6, 6.07) is 48.1. The Bertz CT molecular complexity index is 2790. The Kier molecular flexibility index (Phi) is 19.3. The lowest BCUT2D eigenvalue weighted by molar-refractivity contribution is -0.139. The minimum Gasteiger partial charge on any atom is -0.462 e. The van der Waals surface area contributed by atoms with Gasteiger partial charge < -0.3 is 24.0 Å². The van der Waals surface area contributed by atoms with E-state index in [1.165, 1.54) is 22.3 Å². The number of aryl methyl sites for hydroxylation is 6. The van der Waals surface area contributed by atoms with Crippen LogP contribution in [0.15, 0.2) is 170 Å². The molecule has 8 heteroatoms. The molecule has 71 heavy (non-hydrogen) atoms. The summed E-state index contributed by atoms with van der Waals surface area (Å²) >= 11 is 0. The van der Waals surface area contributed by atoms with Crippen molar-refractivity contribution >= 4 is 52.0 Å². The third-order valence-corrected chi connectivity index (χ3v) is 12.5. The average molecular weight is 951 g/mol. The lowest BCUT2D eigenvalue weighted by Crippen LogP contribution is -2.11. The van der Waals surface area contributed by atoms with Crippen molar-refractivity contribution in [1.29, 1.82) is 0 Å². The molecule has 6 rings (SSSR count). The molecule has 0 radical (unpaired) electrons. The molecule has 0 saturated heterocycles. The molecule has 368 valence electrons. The summed E-state index contributed by atoms with van der Waals surface area (Å²) in [7, 11) is 0. The Morgan fingerprint density at radius 2 is 0.704 bits per heavy atom. The monoisotopic (exact) mass is 951 g/mol. The highest BCUT2D eigenvalue weighted by Crippen LogP contribution is 2.39. The number of carbonyl (C=O) groups excluding carboxylic acids is 3. The molecule has 0 unspecified atom stereocenters. The Morgan fingerprint density at radius 1 is 0.408 bits per heavy atom. The van der Waals surface area contributed by atoms with Gasteiger partial charge in [-0.05, 0) is 203 Å². The first kappa shape index (κ1) is 52.9. The largest absolute Gasteiger partial charge is 0.462 e. The maximum Gasteiger partial charge on any atom is 0.333 e. The maximum absolute atomic E-state index is 11.9. The molecule has 0 aliphatic rings. The molecule has 0 aliphatic heterocycles. The van der Waals surface area contributed by atoms with E-state index in [1.807, 2.05) is 0 Å². The third-order valence-electron chi connectivity index (χ3n) is 12.5. The number of ether oxygens (including phenoxy) is 3. The van der Waals surface area contributed by atoms with E-state index in [1.54, 1.807) is 20.8 Å². The van der Waals surface area contributed by atoms with Crippen LogP contribution in [0.2, 0.25) is 0 Å². The fraction of sp³-hybridized carbons (Fsp3) is 0.286. The molecule has 6 aromatic carbocycles. The van der Waals surface area contributed by atoms with E-state index >= 15 is 0 Å². The predicted octanol–water partition coefficient (Wildman–Crippen LogP) is 15.4. The molecular weight excluding hydrogens is 881 g/mol. The molecule has 0 aliphatic carbocycles. The van der Waals surface area contributed by atoms with Crippen molar-refractivity contribution in [3.8, 4) is 11.1 Å². The SMILES string of the molecule is C=C(C)C(=O)OCCCc1ccc(N(c2ccc(-c3ccc(N(c4ccc(CCCC)cc4)c4ccc(CCCOC(=O)C(=C)C)c(C)c4)cc3)cc2)c2ccc(CCCOC(=O)C(=C)C)c(C)c2)cc1. The van der Waals surface area contributed by atoms with E-state index in [2.05, 4.69) is 184 Å². The zero-order valence-corrected chi connectivity index (χ0v) is 42.7. The van der Waals surface area contributed by atoms with Crippen LogP contribution >= 0.6 is 0 Å². The standard InChI is InChI=1S/C63H70N2O6/c1-10-11-15-49-19-29-55(30-20-49)64(59-37-23-51(47(8)42-59)17-13-40-70-62(67)45(4)5)57-33-25-53(26-34-57)54-27-35-58(36-28-54)65(56-31-21-50(22-32-56)16-12-39-69-61(66)44(2)3)60-38-24-52(48(9)43-60)18-14-41-71-63(68)46(6)7/h19-38,42-43H,2,4,6,10-18,39-41H2,1,3,5,7-9H3. The summed E-state index contributed by atoms with van der Waals surface area (Å²) < 4.78 is 16.0. The molecule has 0 N–H and O–H groups in total. The second kappa shape index (κ2) is 26.0. The second-order valence-electron chi connectivity index (χ2n) is 18.5. The predicted molar refractivity (Wildman–Crippen MR) is 292 cm³/mol. The van der Waals surface area contributed by atoms with Gasteiger partial charge in [0.15, 0.2) is 0 Å². The fourth-order valence-corrected chi connectivity index (χ4v) is 8.37. The molecule has 8 nitrogen and oxygen atoms in total. The zero-order chi connectivity index (χ0) is 50.9. The van der Waals surface area contributed by atoms with Crippen molar-refractivity contribution in [1.82, 2.24) is 0 Å². The Balaban J connectivity index is 1.25. The van der Waals surface area contributed by atoms with Gasteiger partial charge in [0.05, 0.1) is 19.8 Å². The smallest absolute Gasteiger partial charge is 0.333 e. The quantitative estimate of drug-likeness (QED) is 0.0243. The number of unbranched alkanes of at least 4 members (excludes halogenated alkanes) is 1. The van der Waals surface area contributed by atoms with E-state index in [9.17, 15) is 14.4 Å². The molecule has 0 fully saturated rings. The van der Waals surface area contributed by atoms with Crippen molar-refractivity contribution in [2.45, 2.75) is 99.3 Å². The Labute approximate surface area is 422 Å². The van der Waals surface area contributed by atoms with Crippen molar-refractivity contribution in [2.24, 2.45) is 0 Å². The lowest BCUT2D eigenvalue weighted by Gasteiger charge is -2.27. The van der Waals surface area contributed by atoms with Gasteiger partial charge in [0, 0.05) is 50.8 Å². The number of hydrogen-bond donors (Lipinski definition) is 0. The summed E-state index contributed by atoms with van der Waals surface area (Å²) in [4.78, 5) is 40.3. The summed E-state index contributed by atoms with van der Waals surface area (Å²) in [5.74, 6) is -1.07. The van der Waals surface area contributed by atoms with Crippen LogP contribution in [-0.4, -0.2) is 37.7 Å². The van der Waals surface area contributed by atoms with Crippen LogP contribution in [0.3, 0.4) is 0 Å². The van der Waals surface area contributed by atoms with Gasteiger partial charge in [-0.15, -0.1) is 0 Å². The number of carbonyl (C=O) groups is 3. The first-order chi connectivity index (χ1) is 34.2. The molecule has 0 atom stereocenters. The van der Waals surface area contributed by atoms with Crippen LogP contribution in [0.4, 0.5) is 34.1 Å². The molecule has 0 heterocycles. The highest BCUT2D eigenvalue weighted by Gasteiger charge is 2.18. The number of benzene rings is 6. The second-order valence-corrected chi connectivity index (χ2v) is 18.5. The van der Waals surface area contributed by atoms with Gasteiger partial charge >= 0.3 is 17.9 Å². The first-order valence-electron chi connectivity index (χ1n) is 24.9. The van der Waals surface area contributed by atoms with E-state index in [0.717, 1.165) is 108 Å². The normalized spacial score (nSPS) is 10.8. The van der Waals surface area contributed by atoms with E-state index in [4.69, 9.17) is 14.2 Å². The number of esters is 3. The Hall–Kier alpha value is -7.45. The summed E-state index contributed by atoms with van der Waals surface area (Å²) in [5, 5.41) is 0. The number of nitrogens with zero attached hydrogens (tertiary/aromatic N) is 2. The summed E-state index contributed by atoms with van der Waals surface area (Å²) in [6.07, 6.45) is 7.92. The average Bonchev–Trinajstić information content (AvgIpc) is 3.37. The van der Waals surface area contributed by atoms with Crippen LogP contribution in [0.1, 0.15) is 93.2 Å². The lowest BCUT2D eigenvalue weighted by atomic mass is 10.0. The summed E-state index contributed by atoms with van der Waals surface area (Å²) in [6.45, 7) is 23.6. The third kappa shape index (κ3) is 15.0. The molecule has 0 bridgehead atoms. The number of rotatable bonds is 25. The topological polar surface area (TPSA) is 85.4 Å². The molecule has 0 spiro atoms. The highest BCUT2D eigenvalue weighted by molar-refractivity contribution is 5.88. The molecule has 0 amide bonds. The van der Waals surface area contributed by atoms with Gasteiger partial charge in [-0.3, -0.25) is 0 Å². The number of hydrogen-bond acceptors (Lipinski definition) is 8. The molecule has 0 saturated carbocycles. The van der Waals surface area contributed by atoms with Gasteiger partial charge in [0.1, 0.15) is 0 Å². The number of anilines is 6. The van der Waals surface area contributed by atoms with E-state index in [0.29, 0.717) is 43.0 Å². The minimum atomic E-state index is -0.361. The van der Waals surface area contributed by atoms with Gasteiger partial charge in [-0.25, -0.2) is 14.4 Å². The van der Waals surface area contributed by atoms with Crippen LogP contribution in [0.25, 0.3) is 11.1 Å². The first-order valence-corrected chi connectivity index (χ1v) is 24.9. The molecular formula is C63H70N2O6. The van der Waals surface area contributed by atoms with Crippen LogP contribution in [-0.2, 0) is 54.3 Å². The van der Waals surface area contributed by atoms with E-state index in [-0.39, 0.29) is 17.9 Å². The highest BCUT2D eigenvalue weighted by atomic mass is 16.5. The van der Waals surface area contributed by atoms with Crippen molar-refractivity contribution < 1.29 is 28.6 Å². The van der Waals surface area contributed by atoms with E-state index < -0.39 is 0 Å². The van der Waals surface area contributed by atoms with Gasteiger partial charge in [-0.1, -0.05) is 93.7 Å². The van der Waals surface area contributed by atoms with Crippen molar-refractivity contribution in [3.05, 3.63) is 203 Å². The van der Waals surface area contributed by atoms with Crippen molar-refractivity contribution in [2.75, 3.05) is 29.6 Å². The van der Waals surface area contributed by atoms with Crippen LogP contribution < -0.4 is 9.80 Å². The van der Waals surface area contributed by atoms with Gasteiger partial charge in [-0.2, -0.15) is 0 Å². The zero-order valence-electron chi connectivity index (χ0n) is 42.7. The fourth-order valence-electron chi connectivity index (χ4n) is 8.37. The van der Waals surface area contributed by atoms with Crippen molar-refractivity contribution in [3.63, 3.8) is 0 Å². The maximum atomic E-state index is 11.9. The minimum absolute atomic E-state index is 0.343. The Morgan fingerprint density at radius 3 is 1.01 bits per heavy atom.